The van der Waals surface area contributed by atoms with E-state index in [-0.39, 0.29) is 0 Å². The number of benzene rings is 1. The molecule has 1 aromatic carbocycles. The van der Waals surface area contributed by atoms with Crippen LogP contribution in [0.15, 0.2) is 24.3 Å². The molecule has 48 valence electrons. The van der Waals surface area contributed by atoms with Crippen LogP contribution in [-0.4, -0.2) is 4.74 Å². The van der Waals surface area contributed by atoms with Crippen molar-refractivity contribution >= 4 is 11.6 Å². The molecule has 0 amide bonds. The lowest BCUT2D eigenvalue weighted by Crippen LogP contribution is -1.72. The van der Waals surface area contributed by atoms with Gasteiger partial charge in [-0.2, -0.15) is 0 Å². The van der Waals surface area contributed by atoms with E-state index in [9.17, 15) is 0 Å². The summed E-state index contributed by atoms with van der Waals surface area (Å²) in [7, 11) is 3.36. The van der Waals surface area contributed by atoms with Gasteiger partial charge in [0.1, 0.15) is 0 Å². The van der Waals surface area contributed by atoms with E-state index >= 15 is 0 Å². The summed E-state index contributed by atoms with van der Waals surface area (Å²) in [6.45, 7) is 0. The van der Waals surface area contributed by atoms with Gasteiger partial charge in [0.15, 0.2) is 0 Å². The predicted molar refractivity (Wildman–Crippen MR) is 38.5 cm³/mol. The Hall–Kier alpha value is -0.690. The summed E-state index contributed by atoms with van der Waals surface area (Å²) in [5.74, 6) is 0.808. The topological polar surface area (TPSA) is 12.8 Å². The monoisotopic (exact) mass is 142 g/mol. The second kappa shape index (κ2) is 2.74. The number of hydrogen-bond donors (Lipinski definition) is 0. The van der Waals surface area contributed by atoms with Crippen molar-refractivity contribution in [1.29, 1.82) is 0 Å². The SMILES string of the molecule is [CH2-][OH+]c1cccc(Cl)c1. The highest BCUT2D eigenvalue weighted by Gasteiger charge is 1.91. The highest BCUT2D eigenvalue weighted by Crippen LogP contribution is 2.16. The van der Waals surface area contributed by atoms with Crippen LogP contribution in [0.25, 0.3) is 0 Å². The van der Waals surface area contributed by atoms with Gasteiger partial charge in [-0.25, -0.2) is 0 Å². The first kappa shape index (κ1) is 6.43. The number of aliphatic hydroxyl groups is 1. The Morgan fingerprint density at radius 3 is 2.67 bits per heavy atom. The summed E-state index contributed by atoms with van der Waals surface area (Å²) in [4.78, 5) is 0. The molecule has 1 rings (SSSR count). The van der Waals surface area contributed by atoms with E-state index in [1.54, 1.807) is 12.1 Å². The summed E-state index contributed by atoms with van der Waals surface area (Å²) in [6, 6.07) is 7.25. The minimum atomic E-state index is 0.694. The molecule has 1 nitrogen and oxygen atoms in total. The molecule has 0 spiro atoms. The third-order valence-corrected chi connectivity index (χ3v) is 1.23. The zero-order chi connectivity index (χ0) is 6.69. The summed E-state index contributed by atoms with van der Waals surface area (Å²) < 4.78 is 3.70. The summed E-state index contributed by atoms with van der Waals surface area (Å²) in [6.07, 6.45) is 0. The third kappa shape index (κ3) is 1.61. The zero-order valence-electron chi connectivity index (χ0n) is 4.84. The van der Waals surface area contributed by atoms with E-state index in [0.717, 1.165) is 5.75 Å². The van der Waals surface area contributed by atoms with Gasteiger partial charge in [-0.3, -0.25) is 0 Å². The minimum absolute atomic E-state index is 0.694. The predicted octanol–water partition coefficient (Wildman–Crippen LogP) is 2.37. The number of rotatable bonds is 1. The second-order valence-electron chi connectivity index (χ2n) is 1.64. The summed E-state index contributed by atoms with van der Waals surface area (Å²) in [5, 5.41) is 0.694. The normalized spacial score (nSPS) is 9.11. The minimum Gasteiger partial charge on any atom is -0.722 e. The number of aromatic hydroxyl groups is 1. The van der Waals surface area contributed by atoms with Crippen LogP contribution in [0.2, 0.25) is 5.02 Å². The molecule has 0 fully saturated rings. The van der Waals surface area contributed by atoms with E-state index in [0.29, 0.717) is 5.02 Å². The lowest BCUT2D eigenvalue weighted by atomic mass is 10.3. The summed E-state index contributed by atoms with van der Waals surface area (Å²) >= 11 is 5.64. The van der Waals surface area contributed by atoms with Crippen molar-refractivity contribution in [1.82, 2.24) is 0 Å². The maximum Gasteiger partial charge on any atom is 0.227 e. The van der Waals surface area contributed by atoms with Crippen LogP contribution < -0.4 is 0 Å². The number of ether oxygens (including phenoxy) is 1. The van der Waals surface area contributed by atoms with Crippen LogP contribution in [0.1, 0.15) is 0 Å². The van der Waals surface area contributed by atoms with E-state index in [1.165, 1.54) is 0 Å². The Morgan fingerprint density at radius 2 is 2.22 bits per heavy atom. The fourth-order valence-electron chi connectivity index (χ4n) is 0.574. The molecule has 0 saturated heterocycles. The van der Waals surface area contributed by atoms with Crippen molar-refractivity contribution < 1.29 is 4.74 Å². The van der Waals surface area contributed by atoms with Crippen LogP contribution in [0.3, 0.4) is 0 Å². The number of hydrogen-bond acceptors (Lipinski definition) is 0. The van der Waals surface area contributed by atoms with Crippen LogP contribution in [-0.2, 0) is 0 Å². The lowest BCUT2D eigenvalue weighted by Gasteiger charge is -2.01. The molecule has 0 saturated carbocycles. The van der Waals surface area contributed by atoms with E-state index in [4.69, 9.17) is 11.6 Å². The molecule has 2 heteroatoms. The smallest absolute Gasteiger partial charge is 0.227 e. The van der Waals surface area contributed by atoms with Gasteiger partial charge in [0.2, 0.25) is 5.75 Å². The quantitative estimate of drug-likeness (QED) is 0.422. The maximum atomic E-state index is 5.64. The Balaban J connectivity index is 2.94. The Labute approximate surface area is 59.2 Å². The van der Waals surface area contributed by atoms with Gasteiger partial charge in [-0.15, -0.1) is 0 Å². The fourth-order valence-corrected chi connectivity index (χ4v) is 0.759. The molecule has 0 aromatic heterocycles. The lowest BCUT2D eigenvalue weighted by molar-refractivity contribution is 0.186. The van der Waals surface area contributed by atoms with Crippen molar-refractivity contribution in [2.45, 2.75) is 0 Å². The Morgan fingerprint density at radius 1 is 1.44 bits per heavy atom. The van der Waals surface area contributed by atoms with Gasteiger partial charge >= 0.3 is 0 Å². The fraction of sp³-hybridized carbons (Fsp3) is 0. The molecule has 0 heterocycles. The van der Waals surface area contributed by atoms with Gasteiger partial charge in [0, 0.05) is 17.2 Å². The van der Waals surface area contributed by atoms with Crippen molar-refractivity contribution in [2.24, 2.45) is 0 Å². The highest BCUT2D eigenvalue weighted by molar-refractivity contribution is 6.30. The molecule has 0 unspecified atom stereocenters. The van der Waals surface area contributed by atoms with Crippen LogP contribution in [0.4, 0.5) is 0 Å². The average molecular weight is 143 g/mol. The maximum absolute atomic E-state index is 5.64. The largest absolute Gasteiger partial charge is 0.722 e. The molecule has 0 bridgehead atoms. The van der Waals surface area contributed by atoms with Gasteiger partial charge in [0.25, 0.3) is 0 Å². The standard InChI is InChI=1S/C7H7ClO/c1-9-7-4-2-3-6(8)5-7/h2-5,9H,1H2. The molecule has 1 aromatic rings. The molecule has 0 aliphatic carbocycles. The first-order valence-electron chi connectivity index (χ1n) is 2.55. The van der Waals surface area contributed by atoms with E-state index in [1.807, 2.05) is 12.1 Å². The third-order valence-electron chi connectivity index (χ3n) is 0.991. The molecule has 1 N–H and O–H groups in total. The molecule has 0 aliphatic heterocycles. The molecule has 0 atom stereocenters. The number of halogens is 1. The molecular weight excluding hydrogens is 136 g/mol. The first-order chi connectivity index (χ1) is 4.33. The van der Waals surface area contributed by atoms with Crippen LogP contribution >= 0.6 is 11.6 Å². The Bertz CT molecular complexity index is 198. The highest BCUT2D eigenvalue weighted by atomic mass is 35.5. The van der Waals surface area contributed by atoms with Crippen LogP contribution in [0, 0.1) is 7.11 Å². The molecule has 0 aliphatic rings. The van der Waals surface area contributed by atoms with Gasteiger partial charge in [0.05, 0.1) is 0 Å². The Kier molecular flexibility index (Phi) is 1.96. The van der Waals surface area contributed by atoms with Gasteiger partial charge in [-0.05, 0) is 13.2 Å². The zero-order valence-corrected chi connectivity index (χ0v) is 5.60. The molecule has 0 radical (unpaired) electrons. The van der Waals surface area contributed by atoms with Crippen molar-refractivity contribution in [3.05, 3.63) is 36.4 Å². The van der Waals surface area contributed by atoms with Crippen molar-refractivity contribution in [3.8, 4) is 5.75 Å². The molecular formula is C7H7ClO. The van der Waals surface area contributed by atoms with Crippen molar-refractivity contribution in [2.75, 3.05) is 0 Å². The van der Waals surface area contributed by atoms with Gasteiger partial charge in [-0.1, -0.05) is 17.7 Å². The van der Waals surface area contributed by atoms with Crippen molar-refractivity contribution in [3.63, 3.8) is 0 Å². The average Bonchev–Trinajstić information content (AvgIpc) is 1.88. The van der Waals surface area contributed by atoms with E-state index in [2.05, 4.69) is 11.8 Å². The van der Waals surface area contributed by atoms with Crippen LogP contribution in [0.5, 0.6) is 5.75 Å². The summed E-state index contributed by atoms with van der Waals surface area (Å²) in [5.41, 5.74) is 0. The van der Waals surface area contributed by atoms with Gasteiger partial charge < -0.3 is 4.74 Å². The molecule has 9 heavy (non-hydrogen) atoms. The second-order valence-corrected chi connectivity index (χ2v) is 2.07. The first-order valence-corrected chi connectivity index (χ1v) is 2.93. The van der Waals surface area contributed by atoms with E-state index < -0.39 is 0 Å².